The van der Waals surface area contributed by atoms with E-state index in [0.29, 0.717) is 29.2 Å². The normalized spacial score (nSPS) is 22.6. The maximum Gasteiger partial charge on any atom is 0.341 e. The molecule has 2 aliphatic rings. The number of likely N-dealkylation sites (N-methyl/N-ethyl adjacent to an activating group) is 1. The molecule has 144 valence electrons. The first-order valence-electron chi connectivity index (χ1n) is 9.37. The molecule has 2 N–H and O–H groups in total. The number of nitrogens with one attached hydrogen (secondary N) is 1. The SMILES string of the molecule is CN[C@@H]1CN(c2c(F)cn3c(=O)c(C(=O)O)cc(C4CC4)c3c2C)C[C@H]1C. The summed E-state index contributed by atoms with van der Waals surface area (Å²) in [5.74, 6) is -1.15. The van der Waals surface area contributed by atoms with Crippen LogP contribution in [0.15, 0.2) is 17.1 Å². The number of pyridine rings is 2. The van der Waals surface area contributed by atoms with Crippen LogP contribution in [-0.4, -0.2) is 41.7 Å². The predicted molar refractivity (Wildman–Crippen MR) is 102 cm³/mol. The number of carboxylic acids is 1. The molecule has 1 saturated carbocycles. The highest BCUT2D eigenvalue weighted by molar-refractivity contribution is 5.89. The van der Waals surface area contributed by atoms with Gasteiger partial charge in [0.15, 0.2) is 5.82 Å². The number of aromatic carboxylic acids is 1. The monoisotopic (exact) mass is 373 g/mol. The van der Waals surface area contributed by atoms with Crippen molar-refractivity contribution in [1.82, 2.24) is 9.72 Å². The van der Waals surface area contributed by atoms with Crippen LogP contribution in [0, 0.1) is 18.7 Å². The van der Waals surface area contributed by atoms with Gasteiger partial charge in [0, 0.05) is 19.1 Å². The van der Waals surface area contributed by atoms with Crippen LogP contribution in [0.2, 0.25) is 0 Å². The maximum absolute atomic E-state index is 15.1. The number of halogens is 1. The number of carbonyl (C=O) groups is 1. The van der Waals surface area contributed by atoms with Gasteiger partial charge in [-0.3, -0.25) is 9.20 Å². The van der Waals surface area contributed by atoms with E-state index in [1.54, 1.807) is 0 Å². The van der Waals surface area contributed by atoms with Crippen molar-refractivity contribution < 1.29 is 14.3 Å². The van der Waals surface area contributed by atoms with Gasteiger partial charge in [-0.1, -0.05) is 6.92 Å². The van der Waals surface area contributed by atoms with Gasteiger partial charge in [-0.15, -0.1) is 0 Å². The fraction of sp³-hybridized carbons (Fsp3) is 0.500. The first-order chi connectivity index (χ1) is 12.8. The third-order valence-electron chi connectivity index (χ3n) is 5.99. The van der Waals surface area contributed by atoms with Crippen LogP contribution in [0.25, 0.3) is 5.52 Å². The Morgan fingerprint density at radius 1 is 1.33 bits per heavy atom. The minimum Gasteiger partial charge on any atom is -0.477 e. The van der Waals surface area contributed by atoms with Gasteiger partial charge in [-0.2, -0.15) is 0 Å². The van der Waals surface area contributed by atoms with E-state index in [2.05, 4.69) is 12.2 Å². The average molecular weight is 373 g/mol. The van der Waals surface area contributed by atoms with Crippen molar-refractivity contribution in [3.63, 3.8) is 0 Å². The molecule has 2 aromatic heterocycles. The number of fused-ring (bicyclic) bond motifs is 1. The van der Waals surface area contributed by atoms with Gasteiger partial charge < -0.3 is 15.3 Å². The molecule has 2 aromatic rings. The van der Waals surface area contributed by atoms with E-state index >= 15 is 4.39 Å². The van der Waals surface area contributed by atoms with E-state index in [1.807, 2.05) is 18.9 Å². The molecule has 1 saturated heterocycles. The van der Waals surface area contributed by atoms with Gasteiger partial charge in [-0.05, 0) is 55.8 Å². The number of hydrogen-bond donors (Lipinski definition) is 2. The number of rotatable bonds is 4. The number of hydrogen-bond acceptors (Lipinski definition) is 4. The van der Waals surface area contributed by atoms with Crippen molar-refractivity contribution >= 4 is 17.2 Å². The summed E-state index contributed by atoms with van der Waals surface area (Å²) in [5.41, 5.74) is 1.73. The van der Waals surface area contributed by atoms with Crippen LogP contribution in [0.1, 0.15) is 47.2 Å². The van der Waals surface area contributed by atoms with Gasteiger partial charge >= 0.3 is 5.97 Å². The van der Waals surface area contributed by atoms with Crippen LogP contribution in [0.3, 0.4) is 0 Å². The highest BCUT2D eigenvalue weighted by atomic mass is 19.1. The average Bonchev–Trinajstić information content (AvgIpc) is 3.38. The molecule has 4 rings (SSSR count). The predicted octanol–water partition coefficient (Wildman–Crippen LogP) is 2.37. The summed E-state index contributed by atoms with van der Waals surface area (Å²) in [6, 6.07) is 1.77. The number of aromatic nitrogens is 1. The Labute approximate surface area is 156 Å². The second-order valence-electron chi connectivity index (χ2n) is 7.84. The van der Waals surface area contributed by atoms with Crippen molar-refractivity contribution in [2.75, 3.05) is 25.0 Å². The van der Waals surface area contributed by atoms with E-state index in [9.17, 15) is 14.7 Å². The molecule has 27 heavy (non-hydrogen) atoms. The summed E-state index contributed by atoms with van der Waals surface area (Å²) in [7, 11) is 1.91. The Hall–Kier alpha value is -2.41. The fourth-order valence-corrected chi connectivity index (χ4v) is 4.41. The van der Waals surface area contributed by atoms with Crippen molar-refractivity contribution in [1.29, 1.82) is 0 Å². The van der Waals surface area contributed by atoms with Crippen LogP contribution in [-0.2, 0) is 0 Å². The smallest absolute Gasteiger partial charge is 0.341 e. The zero-order chi connectivity index (χ0) is 19.5. The summed E-state index contributed by atoms with van der Waals surface area (Å²) in [6.45, 7) is 5.39. The van der Waals surface area contributed by atoms with Gasteiger partial charge in [0.1, 0.15) is 5.56 Å². The van der Waals surface area contributed by atoms with E-state index in [1.165, 1.54) is 10.5 Å². The Bertz CT molecular complexity index is 996. The van der Waals surface area contributed by atoms with Gasteiger partial charge in [0.2, 0.25) is 0 Å². The second kappa shape index (κ2) is 6.34. The number of nitrogens with zero attached hydrogens (tertiary/aromatic N) is 2. The summed E-state index contributed by atoms with van der Waals surface area (Å²) < 4.78 is 16.3. The topological polar surface area (TPSA) is 74.0 Å². The third-order valence-corrected chi connectivity index (χ3v) is 5.99. The van der Waals surface area contributed by atoms with E-state index in [0.717, 1.165) is 31.1 Å². The lowest BCUT2D eigenvalue weighted by Gasteiger charge is -2.24. The van der Waals surface area contributed by atoms with Crippen molar-refractivity contribution in [2.45, 2.75) is 38.6 Å². The molecule has 0 radical (unpaired) electrons. The zero-order valence-corrected chi connectivity index (χ0v) is 15.8. The lowest BCUT2D eigenvalue weighted by Crippen LogP contribution is -2.33. The molecular formula is C20H24FN3O3. The first kappa shape index (κ1) is 18.0. The Morgan fingerprint density at radius 3 is 2.59 bits per heavy atom. The van der Waals surface area contributed by atoms with E-state index in [4.69, 9.17) is 0 Å². The molecule has 0 unspecified atom stereocenters. The largest absolute Gasteiger partial charge is 0.477 e. The van der Waals surface area contributed by atoms with E-state index in [-0.39, 0.29) is 17.5 Å². The quantitative estimate of drug-likeness (QED) is 0.861. The molecule has 6 nitrogen and oxygen atoms in total. The fourth-order valence-electron chi connectivity index (χ4n) is 4.41. The molecule has 0 amide bonds. The first-order valence-corrected chi connectivity index (χ1v) is 9.37. The molecule has 2 fully saturated rings. The molecule has 2 atom stereocenters. The molecular weight excluding hydrogens is 349 g/mol. The van der Waals surface area contributed by atoms with Crippen LogP contribution in [0.5, 0.6) is 0 Å². The summed E-state index contributed by atoms with van der Waals surface area (Å²) >= 11 is 0. The molecule has 7 heteroatoms. The molecule has 0 bridgehead atoms. The van der Waals surface area contributed by atoms with Crippen LogP contribution < -0.4 is 15.8 Å². The Kier molecular flexibility index (Phi) is 4.22. The number of aryl methyl sites for hydroxylation is 1. The summed E-state index contributed by atoms with van der Waals surface area (Å²) in [6.07, 6.45) is 3.08. The summed E-state index contributed by atoms with van der Waals surface area (Å²) in [4.78, 5) is 26.2. The Balaban J connectivity index is 1.96. The minimum absolute atomic E-state index is 0.235. The zero-order valence-electron chi connectivity index (χ0n) is 15.8. The number of anilines is 1. The lowest BCUT2D eigenvalue weighted by atomic mass is 10.0. The highest BCUT2D eigenvalue weighted by Crippen LogP contribution is 2.44. The van der Waals surface area contributed by atoms with Crippen LogP contribution in [0.4, 0.5) is 10.1 Å². The van der Waals surface area contributed by atoms with Gasteiger partial charge in [0.05, 0.1) is 17.4 Å². The summed E-state index contributed by atoms with van der Waals surface area (Å²) in [5, 5.41) is 12.7. The minimum atomic E-state index is -1.27. The van der Waals surface area contributed by atoms with Crippen molar-refractivity contribution in [2.24, 2.45) is 5.92 Å². The van der Waals surface area contributed by atoms with E-state index < -0.39 is 17.3 Å². The lowest BCUT2D eigenvalue weighted by molar-refractivity contribution is 0.0694. The third kappa shape index (κ3) is 2.81. The van der Waals surface area contributed by atoms with Gasteiger partial charge in [-0.25, -0.2) is 9.18 Å². The van der Waals surface area contributed by atoms with Crippen molar-refractivity contribution in [3.8, 4) is 0 Å². The van der Waals surface area contributed by atoms with Gasteiger partial charge in [0.25, 0.3) is 5.56 Å². The van der Waals surface area contributed by atoms with Crippen molar-refractivity contribution in [3.05, 3.63) is 45.1 Å². The molecule has 0 spiro atoms. The molecule has 1 aliphatic heterocycles. The highest BCUT2D eigenvalue weighted by Gasteiger charge is 2.34. The molecule has 0 aromatic carbocycles. The molecule has 1 aliphatic carbocycles. The maximum atomic E-state index is 15.1. The number of carboxylic acid groups (broad SMARTS) is 1. The Morgan fingerprint density at radius 2 is 2.04 bits per heavy atom. The molecule has 3 heterocycles. The van der Waals surface area contributed by atoms with Crippen LogP contribution >= 0.6 is 0 Å². The standard InChI is InChI=1S/C20H24FN3O3/c1-10-7-23(9-16(10)22-3)18-11(2)17-13(12-4-5-12)6-14(20(26)27)19(25)24(17)8-15(18)21/h6,8,10,12,16,22H,4-5,7,9H2,1-3H3,(H,26,27)/t10-,16-/m1/s1. The second-order valence-corrected chi connectivity index (χ2v) is 7.84.